The van der Waals surface area contributed by atoms with Crippen molar-refractivity contribution in [2.75, 3.05) is 42.9 Å². The fourth-order valence-electron chi connectivity index (χ4n) is 4.97. The summed E-state index contributed by atoms with van der Waals surface area (Å²) < 4.78 is 61.9. The summed E-state index contributed by atoms with van der Waals surface area (Å²) in [6.07, 6.45) is 4.14. The molecule has 11 nitrogen and oxygen atoms in total. The minimum Gasteiger partial charge on any atom is -0.480 e. The number of aromatic nitrogens is 3. The molecule has 1 aliphatic heterocycles. The van der Waals surface area contributed by atoms with Gasteiger partial charge in [0, 0.05) is 36.8 Å². The maximum absolute atomic E-state index is 14.3. The molecule has 2 aromatic carbocycles. The van der Waals surface area contributed by atoms with Crippen LogP contribution < -0.4 is 14.4 Å². The third-order valence-electron chi connectivity index (χ3n) is 6.97. The Labute approximate surface area is 246 Å². The van der Waals surface area contributed by atoms with Crippen LogP contribution in [0.2, 0.25) is 0 Å². The van der Waals surface area contributed by atoms with Gasteiger partial charge in [0.25, 0.3) is 10.0 Å². The van der Waals surface area contributed by atoms with E-state index < -0.39 is 26.6 Å². The summed E-state index contributed by atoms with van der Waals surface area (Å²) in [6, 6.07) is 9.19. The number of carbonyl (C=O) groups excluding carboxylic acids is 1. The third kappa shape index (κ3) is 5.80. The van der Waals surface area contributed by atoms with E-state index in [0.29, 0.717) is 47.5 Å². The zero-order valence-electron chi connectivity index (χ0n) is 22.9. The molecule has 220 valence electrons. The van der Waals surface area contributed by atoms with Crippen LogP contribution in [0.4, 0.5) is 20.3 Å². The molecular weight excluding hydrogens is 580 g/mol. The predicted octanol–water partition coefficient (Wildman–Crippen LogP) is 3.90. The first-order chi connectivity index (χ1) is 20.7. The van der Waals surface area contributed by atoms with Crippen molar-refractivity contribution in [2.24, 2.45) is 0 Å². The Morgan fingerprint density at radius 3 is 2.63 bits per heavy atom. The lowest BCUT2D eigenvalue weighted by Crippen LogP contribution is -2.56. The molecular formula is C29H25F2N7O4S. The molecule has 0 aliphatic carbocycles. The lowest BCUT2D eigenvalue weighted by molar-refractivity contribution is -0.128. The van der Waals surface area contributed by atoms with Gasteiger partial charge in [0.05, 0.1) is 12.6 Å². The monoisotopic (exact) mass is 605 g/mol. The van der Waals surface area contributed by atoms with Gasteiger partial charge < -0.3 is 19.4 Å². The van der Waals surface area contributed by atoms with E-state index >= 15 is 0 Å². The van der Waals surface area contributed by atoms with Gasteiger partial charge in [-0.15, -0.1) is 0 Å². The second kappa shape index (κ2) is 12.0. The van der Waals surface area contributed by atoms with Crippen LogP contribution in [0.15, 0.2) is 72.5 Å². The molecule has 4 aromatic rings. The molecule has 0 unspecified atom stereocenters. The number of rotatable bonds is 8. The van der Waals surface area contributed by atoms with E-state index in [1.807, 2.05) is 11.0 Å². The van der Waals surface area contributed by atoms with Gasteiger partial charge in [-0.3, -0.25) is 9.52 Å². The van der Waals surface area contributed by atoms with Crippen LogP contribution in [0, 0.1) is 18.2 Å². The van der Waals surface area contributed by atoms with Crippen LogP contribution >= 0.6 is 0 Å². The normalized spacial score (nSPS) is 15.2. The van der Waals surface area contributed by atoms with Crippen molar-refractivity contribution >= 4 is 38.3 Å². The number of hydrogen-bond donors (Lipinski definition) is 1. The first kappa shape index (κ1) is 29.3. The van der Waals surface area contributed by atoms with E-state index in [0.717, 1.165) is 18.2 Å². The first-order valence-corrected chi connectivity index (χ1v) is 14.4. The zero-order chi connectivity index (χ0) is 30.7. The van der Waals surface area contributed by atoms with Gasteiger partial charge in [0.15, 0.2) is 4.90 Å². The smallest absolute Gasteiger partial charge is 0.267 e. The molecule has 1 N–H and O–H groups in total. The molecule has 0 saturated carbocycles. The molecule has 0 spiro atoms. The minimum absolute atomic E-state index is 0.105. The number of ether oxygens (including phenoxy) is 1. The van der Waals surface area contributed by atoms with Gasteiger partial charge >= 0.3 is 0 Å². The maximum Gasteiger partial charge on any atom is 0.267 e. The maximum atomic E-state index is 14.3. The molecule has 1 amide bonds. The summed E-state index contributed by atoms with van der Waals surface area (Å²) in [5.41, 5.74) is 1.60. The third-order valence-corrected chi connectivity index (χ3v) is 8.38. The molecule has 1 aliphatic rings. The largest absolute Gasteiger partial charge is 0.480 e. The summed E-state index contributed by atoms with van der Waals surface area (Å²) in [5.74, 6) is -2.23. The van der Waals surface area contributed by atoms with Gasteiger partial charge in [0.1, 0.15) is 35.5 Å². The van der Waals surface area contributed by atoms with Crippen molar-refractivity contribution in [1.29, 1.82) is 0 Å². The van der Waals surface area contributed by atoms with Crippen molar-refractivity contribution in [2.45, 2.75) is 10.9 Å². The van der Waals surface area contributed by atoms with E-state index in [1.165, 1.54) is 31.8 Å². The number of amides is 1. The van der Waals surface area contributed by atoms with E-state index in [1.54, 1.807) is 17.0 Å². The lowest BCUT2D eigenvalue weighted by atomic mass is 10.0. The van der Waals surface area contributed by atoms with E-state index in [4.69, 9.17) is 11.3 Å². The van der Waals surface area contributed by atoms with Crippen molar-refractivity contribution in [1.82, 2.24) is 19.9 Å². The number of hydrogen-bond acceptors (Lipinski definition) is 8. The van der Waals surface area contributed by atoms with Crippen LogP contribution in [0.1, 0.15) is 0 Å². The highest BCUT2D eigenvalue weighted by atomic mass is 32.2. The SMILES string of the molecule is [C-]#[N+]C[C@H]1CN(c2ncnc3ccc(-c4cnc(OC)c(NS(=O)(=O)c5c(F)cccc5F)c4)cc23)CCN1C(=O)C=C. The van der Waals surface area contributed by atoms with Crippen molar-refractivity contribution in [3.05, 3.63) is 90.7 Å². The average Bonchev–Trinajstić information content (AvgIpc) is 3.00. The van der Waals surface area contributed by atoms with Crippen LogP contribution in [-0.2, 0) is 14.8 Å². The lowest BCUT2D eigenvalue weighted by Gasteiger charge is -2.39. The van der Waals surface area contributed by atoms with Crippen LogP contribution in [0.3, 0.4) is 0 Å². The molecule has 5 rings (SSSR count). The van der Waals surface area contributed by atoms with Crippen molar-refractivity contribution < 1.29 is 26.7 Å². The van der Waals surface area contributed by atoms with Crippen molar-refractivity contribution in [3.8, 4) is 17.0 Å². The number of fused-ring (bicyclic) bond motifs is 1. The molecule has 2 aromatic heterocycles. The van der Waals surface area contributed by atoms with Crippen LogP contribution in [0.5, 0.6) is 5.88 Å². The molecule has 1 fully saturated rings. The average molecular weight is 606 g/mol. The molecule has 1 atom stereocenters. The summed E-state index contributed by atoms with van der Waals surface area (Å²) in [7, 11) is -3.40. The first-order valence-electron chi connectivity index (χ1n) is 12.9. The molecule has 0 bridgehead atoms. The number of nitrogens with zero attached hydrogens (tertiary/aromatic N) is 6. The summed E-state index contributed by atoms with van der Waals surface area (Å²) in [4.78, 5) is 31.4. The molecule has 43 heavy (non-hydrogen) atoms. The Hall–Kier alpha value is -5.16. The fraction of sp³-hybridized carbons (Fsp3) is 0.207. The zero-order valence-corrected chi connectivity index (χ0v) is 23.7. The van der Waals surface area contributed by atoms with E-state index in [9.17, 15) is 22.0 Å². The molecule has 1 saturated heterocycles. The Morgan fingerprint density at radius 1 is 1.16 bits per heavy atom. The number of pyridine rings is 1. The molecule has 3 heterocycles. The molecule has 14 heteroatoms. The number of carbonyl (C=O) groups is 1. The summed E-state index contributed by atoms with van der Waals surface area (Å²) >= 11 is 0. The van der Waals surface area contributed by atoms with Gasteiger partial charge in [0.2, 0.25) is 18.3 Å². The van der Waals surface area contributed by atoms with E-state index in [-0.39, 0.29) is 30.1 Å². The van der Waals surface area contributed by atoms with E-state index in [2.05, 4.69) is 31.1 Å². The van der Waals surface area contributed by atoms with Gasteiger partial charge in [-0.25, -0.2) is 38.7 Å². The van der Waals surface area contributed by atoms with Crippen LogP contribution in [-0.4, -0.2) is 73.5 Å². The minimum atomic E-state index is -4.69. The highest BCUT2D eigenvalue weighted by Crippen LogP contribution is 2.34. The summed E-state index contributed by atoms with van der Waals surface area (Å²) in [6.45, 7) is 12.2. The van der Waals surface area contributed by atoms with Gasteiger partial charge in [-0.2, -0.15) is 0 Å². The second-order valence-electron chi connectivity index (χ2n) is 9.54. The number of methoxy groups -OCH3 is 1. The Bertz CT molecular complexity index is 1860. The van der Waals surface area contributed by atoms with Crippen molar-refractivity contribution in [3.63, 3.8) is 0 Å². The Balaban J connectivity index is 1.52. The Kier molecular flexibility index (Phi) is 8.18. The summed E-state index contributed by atoms with van der Waals surface area (Å²) in [5, 5.41) is 0.677. The molecule has 0 radical (unpaired) electrons. The number of piperazine rings is 1. The standard InChI is InChI=1S/C29H25F2N7O4S/c1-4-26(39)38-11-10-37(16-20(38)15-32-2)28-21-12-18(8-9-24(21)34-17-35-28)19-13-25(29(42-3)33-14-19)36-43(40,41)27-22(30)6-5-7-23(27)31/h4-9,12-14,17,20,36H,1,10-11,15-16H2,3H3/t20-/m0/s1. The number of halogens is 2. The number of nitrogens with one attached hydrogen (secondary N) is 1. The van der Waals surface area contributed by atoms with Gasteiger partial charge in [-0.1, -0.05) is 18.7 Å². The number of sulfonamides is 1. The highest BCUT2D eigenvalue weighted by molar-refractivity contribution is 7.92. The number of anilines is 2. The topological polar surface area (TPSA) is 122 Å². The predicted molar refractivity (Wildman–Crippen MR) is 156 cm³/mol. The fourth-order valence-corrected chi connectivity index (χ4v) is 6.16. The van der Waals surface area contributed by atoms with Gasteiger partial charge in [-0.05, 0) is 42.0 Å². The second-order valence-corrected chi connectivity index (χ2v) is 11.2. The Morgan fingerprint density at radius 2 is 1.93 bits per heavy atom. The van der Waals surface area contributed by atoms with Crippen LogP contribution in [0.25, 0.3) is 26.9 Å². The highest BCUT2D eigenvalue weighted by Gasteiger charge is 2.33. The quantitative estimate of drug-likeness (QED) is 0.237. The number of benzene rings is 2.